The van der Waals surface area contributed by atoms with Crippen LogP contribution in [0.4, 0.5) is 5.69 Å². The summed E-state index contributed by atoms with van der Waals surface area (Å²) in [6.45, 7) is 12.7. The number of carbonyl (C=O) groups is 2. The number of benzene rings is 3. The molecule has 5 heteroatoms. The molecule has 1 unspecified atom stereocenters. The molecule has 5 nitrogen and oxygen atoms in total. The van der Waals surface area contributed by atoms with Gasteiger partial charge in [0, 0.05) is 5.56 Å². The number of aryl methyl sites for hydroxylation is 2. The zero-order chi connectivity index (χ0) is 26.9. The third kappa shape index (κ3) is 5.04. The largest absolute Gasteiger partial charge is 0.507 e. The van der Waals surface area contributed by atoms with Gasteiger partial charge in [-0.2, -0.15) is 0 Å². The first-order valence-electron chi connectivity index (χ1n) is 12.8. The van der Waals surface area contributed by atoms with Crippen molar-refractivity contribution in [3.63, 3.8) is 0 Å². The van der Waals surface area contributed by atoms with Crippen LogP contribution in [-0.2, 0) is 15.0 Å². The number of amides is 1. The number of aliphatic hydroxyl groups excluding tert-OH is 1. The molecule has 3 aromatic rings. The van der Waals surface area contributed by atoms with E-state index in [1.165, 1.54) is 4.90 Å². The van der Waals surface area contributed by atoms with E-state index in [4.69, 9.17) is 4.74 Å². The average molecular weight is 498 g/mol. The zero-order valence-corrected chi connectivity index (χ0v) is 22.5. The molecule has 0 radical (unpaired) electrons. The molecule has 0 spiro atoms. The van der Waals surface area contributed by atoms with Crippen molar-refractivity contribution in [1.29, 1.82) is 0 Å². The monoisotopic (exact) mass is 497 g/mol. The Morgan fingerprint density at radius 3 is 2.30 bits per heavy atom. The van der Waals surface area contributed by atoms with E-state index in [1.54, 1.807) is 12.1 Å². The van der Waals surface area contributed by atoms with Gasteiger partial charge in [-0.1, -0.05) is 81.8 Å². The first-order chi connectivity index (χ1) is 17.5. The van der Waals surface area contributed by atoms with E-state index in [1.807, 2.05) is 75.4 Å². The van der Waals surface area contributed by atoms with Crippen LogP contribution < -0.4 is 9.64 Å². The molecule has 1 amide bonds. The van der Waals surface area contributed by atoms with Crippen molar-refractivity contribution in [2.45, 2.75) is 59.4 Å². The molecule has 192 valence electrons. The number of ether oxygens (including phenoxy) is 1. The van der Waals surface area contributed by atoms with Crippen LogP contribution in [0.5, 0.6) is 5.75 Å². The van der Waals surface area contributed by atoms with Crippen molar-refractivity contribution in [1.82, 2.24) is 0 Å². The number of ketones is 1. The molecule has 1 N–H and O–H groups in total. The van der Waals surface area contributed by atoms with Gasteiger partial charge < -0.3 is 9.84 Å². The minimum atomic E-state index is -0.805. The van der Waals surface area contributed by atoms with Crippen molar-refractivity contribution in [3.05, 3.63) is 100 Å². The van der Waals surface area contributed by atoms with Gasteiger partial charge in [0.05, 0.1) is 23.9 Å². The highest BCUT2D eigenvalue weighted by Gasteiger charge is 2.48. The summed E-state index contributed by atoms with van der Waals surface area (Å²) < 4.78 is 5.96. The summed E-state index contributed by atoms with van der Waals surface area (Å²) in [6.07, 6.45) is 0.803. The predicted molar refractivity (Wildman–Crippen MR) is 148 cm³/mol. The molecule has 0 aromatic heterocycles. The normalized spacial score (nSPS) is 17.4. The van der Waals surface area contributed by atoms with E-state index in [0.29, 0.717) is 23.6 Å². The van der Waals surface area contributed by atoms with Gasteiger partial charge in [-0.3, -0.25) is 14.5 Å². The fourth-order valence-corrected chi connectivity index (χ4v) is 4.69. The standard InChI is InChI=1S/C32H35NO4/c1-7-18-37-26-11-9-8-10-25(26)33-28(22-14-16-23(17-15-22)32(4,5)6)27(30(35)31(33)36)29(34)24-19-20(2)12-13-21(24)3/h8-17,19,28,34H,7,18H2,1-6H3/b29-27+. The number of nitrogens with zero attached hydrogens (tertiary/aromatic N) is 1. The number of rotatable bonds is 6. The average Bonchev–Trinajstić information content (AvgIpc) is 3.13. The van der Waals surface area contributed by atoms with Crippen LogP contribution in [0.3, 0.4) is 0 Å². The Balaban J connectivity index is 1.96. The molecular weight excluding hydrogens is 462 g/mol. The van der Waals surface area contributed by atoms with Crippen LogP contribution in [0.25, 0.3) is 5.76 Å². The van der Waals surface area contributed by atoms with Gasteiger partial charge in [-0.05, 0) is 60.6 Å². The molecule has 0 saturated carbocycles. The number of hydrogen-bond donors (Lipinski definition) is 1. The van der Waals surface area contributed by atoms with E-state index >= 15 is 0 Å². The highest BCUT2D eigenvalue weighted by molar-refractivity contribution is 6.52. The van der Waals surface area contributed by atoms with Gasteiger partial charge in [-0.15, -0.1) is 0 Å². The van der Waals surface area contributed by atoms with E-state index in [0.717, 1.165) is 28.7 Å². The number of para-hydroxylation sites is 2. The second-order valence-electron chi connectivity index (χ2n) is 10.7. The zero-order valence-electron chi connectivity index (χ0n) is 22.5. The van der Waals surface area contributed by atoms with Gasteiger partial charge in [0.1, 0.15) is 11.5 Å². The highest BCUT2D eigenvalue weighted by atomic mass is 16.5. The summed E-state index contributed by atoms with van der Waals surface area (Å²) >= 11 is 0. The smallest absolute Gasteiger partial charge is 0.300 e. The summed E-state index contributed by atoms with van der Waals surface area (Å²) in [5.41, 5.74) is 4.72. The molecule has 3 aromatic carbocycles. The lowest BCUT2D eigenvalue weighted by Gasteiger charge is -2.28. The molecule has 1 aliphatic heterocycles. The van der Waals surface area contributed by atoms with Crippen molar-refractivity contribution >= 4 is 23.1 Å². The summed E-state index contributed by atoms with van der Waals surface area (Å²) in [5.74, 6) is -1.05. The molecule has 0 bridgehead atoms. The third-order valence-electron chi connectivity index (χ3n) is 6.77. The third-order valence-corrected chi connectivity index (χ3v) is 6.77. The number of aliphatic hydroxyl groups is 1. The van der Waals surface area contributed by atoms with Gasteiger partial charge in [0.2, 0.25) is 0 Å². The summed E-state index contributed by atoms with van der Waals surface area (Å²) in [4.78, 5) is 28.7. The van der Waals surface area contributed by atoms with Crippen LogP contribution in [0.2, 0.25) is 0 Å². The van der Waals surface area contributed by atoms with Crippen molar-refractivity contribution in [2.75, 3.05) is 11.5 Å². The Morgan fingerprint density at radius 2 is 1.65 bits per heavy atom. The summed E-state index contributed by atoms with van der Waals surface area (Å²) in [5, 5.41) is 11.6. The van der Waals surface area contributed by atoms with Gasteiger partial charge in [0.25, 0.3) is 11.7 Å². The maximum Gasteiger partial charge on any atom is 0.300 e. The fourth-order valence-electron chi connectivity index (χ4n) is 4.69. The molecule has 1 aliphatic rings. The van der Waals surface area contributed by atoms with Gasteiger partial charge in [0.15, 0.2) is 0 Å². The molecule has 1 saturated heterocycles. The lowest BCUT2D eigenvalue weighted by atomic mass is 9.85. The predicted octanol–water partition coefficient (Wildman–Crippen LogP) is 7.02. The first kappa shape index (κ1) is 26.2. The Labute approximate surface area is 219 Å². The Bertz CT molecular complexity index is 1360. The first-order valence-corrected chi connectivity index (χ1v) is 12.8. The highest BCUT2D eigenvalue weighted by Crippen LogP contribution is 2.45. The minimum absolute atomic E-state index is 0.0559. The minimum Gasteiger partial charge on any atom is -0.507 e. The van der Waals surface area contributed by atoms with Crippen LogP contribution >= 0.6 is 0 Å². The van der Waals surface area contributed by atoms with Crippen molar-refractivity contribution in [2.24, 2.45) is 0 Å². The lowest BCUT2D eigenvalue weighted by molar-refractivity contribution is -0.132. The molecule has 0 aliphatic carbocycles. The molecule has 37 heavy (non-hydrogen) atoms. The van der Waals surface area contributed by atoms with E-state index in [-0.39, 0.29) is 16.7 Å². The van der Waals surface area contributed by atoms with Crippen molar-refractivity contribution in [3.8, 4) is 5.75 Å². The van der Waals surface area contributed by atoms with Crippen LogP contribution in [0, 0.1) is 13.8 Å². The Hall–Kier alpha value is -3.86. The number of anilines is 1. The Kier molecular flexibility index (Phi) is 7.26. The van der Waals surface area contributed by atoms with Gasteiger partial charge >= 0.3 is 0 Å². The second-order valence-corrected chi connectivity index (χ2v) is 10.7. The van der Waals surface area contributed by atoms with Crippen LogP contribution in [0.15, 0.2) is 72.3 Å². The number of Topliss-reactive ketones (excluding diaryl/α,β-unsaturated/α-hetero) is 1. The fraction of sp³-hybridized carbons (Fsp3) is 0.312. The summed E-state index contributed by atoms with van der Waals surface area (Å²) in [6, 6.07) is 20.1. The summed E-state index contributed by atoms with van der Waals surface area (Å²) in [7, 11) is 0. The van der Waals surface area contributed by atoms with Crippen LogP contribution in [-0.4, -0.2) is 23.4 Å². The molecule has 1 atom stereocenters. The van der Waals surface area contributed by atoms with E-state index in [9.17, 15) is 14.7 Å². The molecular formula is C32H35NO4. The van der Waals surface area contributed by atoms with E-state index in [2.05, 4.69) is 20.8 Å². The van der Waals surface area contributed by atoms with Crippen molar-refractivity contribution < 1.29 is 19.4 Å². The van der Waals surface area contributed by atoms with E-state index < -0.39 is 17.7 Å². The number of hydrogen-bond acceptors (Lipinski definition) is 4. The van der Waals surface area contributed by atoms with Gasteiger partial charge in [-0.25, -0.2) is 0 Å². The maximum atomic E-state index is 13.6. The lowest BCUT2D eigenvalue weighted by Crippen LogP contribution is -2.30. The topological polar surface area (TPSA) is 66.8 Å². The van der Waals surface area contributed by atoms with Crippen LogP contribution in [0.1, 0.15) is 68.0 Å². The second kappa shape index (κ2) is 10.3. The SMILES string of the molecule is CCCOc1ccccc1N1C(=O)C(=O)/C(=C(/O)c2cc(C)ccc2C)C1c1ccc(C(C)(C)C)cc1. The Morgan fingerprint density at radius 1 is 0.973 bits per heavy atom. The maximum absolute atomic E-state index is 13.6. The molecule has 4 rings (SSSR count). The molecule has 1 heterocycles. The molecule has 1 fully saturated rings. The quantitative estimate of drug-likeness (QED) is 0.226. The number of carbonyl (C=O) groups excluding carboxylic acids is 2.